The minimum absolute atomic E-state index is 0.105. The smallest absolute Gasteiger partial charge is 0.256 e. The maximum Gasteiger partial charge on any atom is 0.256 e. The molecule has 42 heavy (non-hydrogen) atoms. The van der Waals surface area contributed by atoms with E-state index < -0.39 is 5.82 Å². The molecule has 0 N–H and O–H groups in total. The second-order valence-electron chi connectivity index (χ2n) is 13.1. The van der Waals surface area contributed by atoms with Gasteiger partial charge < -0.3 is 19.3 Å². The molecule has 3 aliphatic heterocycles. The summed E-state index contributed by atoms with van der Waals surface area (Å²) in [5.74, 6) is 0.897. The van der Waals surface area contributed by atoms with Gasteiger partial charge in [0, 0.05) is 63.0 Å². The molecule has 2 aromatic heterocycles. The lowest BCUT2D eigenvalue weighted by atomic mass is 9.96. The van der Waals surface area contributed by atoms with Crippen LogP contribution in [-0.4, -0.2) is 80.9 Å². The van der Waals surface area contributed by atoms with E-state index in [0.717, 1.165) is 82.3 Å². The SMILES string of the molecule is CC(=O)N1CCC(CN2CC[C@@H](Cc3cn(-c4ccc(F)cc4C(=O)N4[C@@H](C)CC[C@@H]4C)c4cncc(C)c34)C2)CC1. The zero-order valence-corrected chi connectivity index (χ0v) is 25.5. The van der Waals surface area contributed by atoms with Gasteiger partial charge in [0.25, 0.3) is 5.91 Å². The van der Waals surface area contributed by atoms with Crippen molar-refractivity contribution < 1.29 is 14.0 Å². The van der Waals surface area contributed by atoms with Gasteiger partial charge in [-0.25, -0.2) is 4.39 Å². The highest BCUT2D eigenvalue weighted by Crippen LogP contribution is 2.34. The lowest BCUT2D eigenvalue weighted by molar-refractivity contribution is -0.130. The minimum atomic E-state index is -0.398. The number of hydrogen-bond donors (Lipinski definition) is 0. The van der Waals surface area contributed by atoms with Gasteiger partial charge in [0.2, 0.25) is 5.91 Å². The molecular formula is C34H44FN5O2. The molecule has 0 unspecified atom stereocenters. The molecule has 3 saturated heterocycles. The van der Waals surface area contributed by atoms with Crippen LogP contribution in [0.3, 0.4) is 0 Å². The molecule has 5 heterocycles. The molecule has 3 aliphatic rings. The van der Waals surface area contributed by atoms with Crippen LogP contribution in [0.5, 0.6) is 0 Å². The van der Waals surface area contributed by atoms with Crippen LogP contribution in [0.1, 0.15) is 74.4 Å². The summed E-state index contributed by atoms with van der Waals surface area (Å²) in [6.07, 6.45) is 12.2. The average molecular weight is 574 g/mol. The monoisotopic (exact) mass is 573 g/mol. The van der Waals surface area contributed by atoms with Gasteiger partial charge in [0.1, 0.15) is 5.82 Å². The highest BCUT2D eigenvalue weighted by Gasteiger charge is 2.34. The predicted molar refractivity (Wildman–Crippen MR) is 163 cm³/mol. The average Bonchev–Trinajstić information content (AvgIpc) is 3.66. The van der Waals surface area contributed by atoms with Crippen molar-refractivity contribution in [1.29, 1.82) is 0 Å². The summed E-state index contributed by atoms with van der Waals surface area (Å²) in [4.78, 5) is 36.6. The van der Waals surface area contributed by atoms with E-state index in [1.54, 1.807) is 13.0 Å². The second-order valence-corrected chi connectivity index (χ2v) is 13.1. The standard InChI is InChI=1S/C34H44FN5O2/c1-22-17-36-18-32-33(22)28(15-27-9-12-37(20-27)19-26-10-13-38(14-11-26)25(4)41)21-39(32)31-8-7-29(35)16-30(31)34(42)40-23(2)5-6-24(40)3/h7-8,16-18,21,23-24,26-27H,5-6,9-15,19-20H2,1-4H3/t23-,24-,27-/m0/s1. The summed E-state index contributed by atoms with van der Waals surface area (Å²) in [6, 6.07) is 4.87. The Hall–Kier alpha value is -3.26. The Balaban J connectivity index is 1.24. The minimum Gasteiger partial charge on any atom is -0.343 e. The number of aryl methyl sites for hydroxylation is 1. The van der Waals surface area contributed by atoms with Gasteiger partial charge in [0.05, 0.1) is 23.0 Å². The molecule has 0 saturated carbocycles. The number of carbonyl (C=O) groups is 2. The number of rotatable bonds is 6. The Kier molecular flexibility index (Phi) is 8.09. The molecule has 1 aromatic carbocycles. The number of halogens is 1. The van der Waals surface area contributed by atoms with Crippen molar-refractivity contribution in [3.05, 3.63) is 59.3 Å². The van der Waals surface area contributed by atoms with Gasteiger partial charge in [-0.3, -0.25) is 14.6 Å². The number of piperidine rings is 1. The first-order valence-electron chi connectivity index (χ1n) is 15.7. The number of likely N-dealkylation sites (tertiary alicyclic amines) is 3. The van der Waals surface area contributed by atoms with E-state index in [1.807, 2.05) is 22.2 Å². The van der Waals surface area contributed by atoms with E-state index >= 15 is 0 Å². The molecule has 8 heteroatoms. The number of benzene rings is 1. The van der Waals surface area contributed by atoms with Crippen LogP contribution >= 0.6 is 0 Å². The molecule has 224 valence electrons. The largest absolute Gasteiger partial charge is 0.343 e. The topological polar surface area (TPSA) is 61.7 Å². The maximum absolute atomic E-state index is 14.6. The highest BCUT2D eigenvalue weighted by molar-refractivity contribution is 5.99. The van der Waals surface area contributed by atoms with Crippen LogP contribution in [0, 0.1) is 24.6 Å². The first-order chi connectivity index (χ1) is 20.2. The zero-order chi connectivity index (χ0) is 29.5. The first-order valence-corrected chi connectivity index (χ1v) is 15.7. The van der Waals surface area contributed by atoms with Crippen LogP contribution in [0.2, 0.25) is 0 Å². The van der Waals surface area contributed by atoms with Gasteiger partial charge in [-0.05, 0) is 107 Å². The molecule has 3 atom stereocenters. The van der Waals surface area contributed by atoms with Crippen molar-refractivity contribution in [3.63, 3.8) is 0 Å². The number of amides is 2. The normalized spacial score (nSPS) is 23.8. The molecule has 2 amide bonds. The fourth-order valence-electron chi connectivity index (χ4n) is 7.77. The molecule has 3 fully saturated rings. The third-order valence-electron chi connectivity index (χ3n) is 10.1. The van der Waals surface area contributed by atoms with Crippen LogP contribution < -0.4 is 0 Å². The van der Waals surface area contributed by atoms with E-state index in [-0.39, 0.29) is 23.9 Å². The number of hydrogen-bond acceptors (Lipinski definition) is 4. The quantitative estimate of drug-likeness (QED) is 0.385. The molecule has 0 radical (unpaired) electrons. The van der Waals surface area contributed by atoms with Crippen LogP contribution in [0.4, 0.5) is 4.39 Å². The van der Waals surface area contributed by atoms with Crippen LogP contribution in [0.15, 0.2) is 36.8 Å². The Morgan fingerprint density at radius 3 is 2.40 bits per heavy atom. The lowest BCUT2D eigenvalue weighted by Gasteiger charge is -2.33. The Labute approximate surface area is 248 Å². The van der Waals surface area contributed by atoms with E-state index in [1.165, 1.54) is 23.1 Å². The van der Waals surface area contributed by atoms with Gasteiger partial charge in [-0.1, -0.05) is 0 Å². The molecule has 0 aliphatic carbocycles. The molecule has 3 aromatic rings. The van der Waals surface area contributed by atoms with Crippen molar-refractivity contribution in [2.24, 2.45) is 11.8 Å². The highest BCUT2D eigenvalue weighted by atomic mass is 19.1. The summed E-state index contributed by atoms with van der Waals surface area (Å²) in [5.41, 5.74) is 4.45. The third kappa shape index (κ3) is 5.58. The number of fused-ring (bicyclic) bond motifs is 1. The van der Waals surface area contributed by atoms with Gasteiger partial charge in [-0.15, -0.1) is 0 Å². The molecule has 0 bridgehead atoms. The summed E-state index contributed by atoms with van der Waals surface area (Å²) in [6.45, 7) is 13.0. The zero-order valence-electron chi connectivity index (χ0n) is 25.5. The van der Waals surface area contributed by atoms with E-state index in [2.05, 4.69) is 41.4 Å². The summed E-state index contributed by atoms with van der Waals surface area (Å²) in [5, 5.41) is 1.19. The first kappa shape index (κ1) is 28.8. The van der Waals surface area contributed by atoms with E-state index in [9.17, 15) is 14.0 Å². The van der Waals surface area contributed by atoms with E-state index in [4.69, 9.17) is 0 Å². The lowest BCUT2D eigenvalue weighted by Crippen LogP contribution is -2.40. The number of aromatic nitrogens is 2. The molecule has 7 nitrogen and oxygen atoms in total. The summed E-state index contributed by atoms with van der Waals surface area (Å²) < 4.78 is 16.7. The van der Waals surface area contributed by atoms with Crippen molar-refractivity contribution in [2.45, 2.75) is 78.3 Å². The number of nitrogens with zero attached hydrogens (tertiary/aromatic N) is 5. The fraction of sp³-hybridized carbons (Fsp3) is 0.559. The fourth-order valence-corrected chi connectivity index (χ4v) is 7.77. The van der Waals surface area contributed by atoms with Crippen molar-refractivity contribution in [3.8, 4) is 5.69 Å². The summed E-state index contributed by atoms with van der Waals surface area (Å²) >= 11 is 0. The van der Waals surface area contributed by atoms with Gasteiger partial charge >= 0.3 is 0 Å². The maximum atomic E-state index is 14.6. The summed E-state index contributed by atoms with van der Waals surface area (Å²) in [7, 11) is 0. The van der Waals surface area contributed by atoms with E-state index in [0.29, 0.717) is 23.1 Å². The predicted octanol–water partition coefficient (Wildman–Crippen LogP) is 5.61. The van der Waals surface area contributed by atoms with Gasteiger partial charge in [0.15, 0.2) is 0 Å². The second kappa shape index (κ2) is 11.8. The van der Waals surface area contributed by atoms with Crippen molar-refractivity contribution in [2.75, 3.05) is 32.7 Å². The molecular weight excluding hydrogens is 529 g/mol. The number of pyridine rings is 1. The third-order valence-corrected chi connectivity index (χ3v) is 10.1. The van der Waals surface area contributed by atoms with Crippen LogP contribution in [0.25, 0.3) is 16.6 Å². The Bertz CT molecular complexity index is 1470. The number of carbonyl (C=O) groups excluding carboxylic acids is 2. The molecule has 0 spiro atoms. The Morgan fingerprint density at radius 2 is 1.69 bits per heavy atom. The van der Waals surface area contributed by atoms with Gasteiger partial charge in [-0.2, -0.15) is 0 Å². The van der Waals surface area contributed by atoms with Crippen LogP contribution in [-0.2, 0) is 11.2 Å². The van der Waals surface area contributed by atoms with Crippen molar-refractivity contribution in [1.82, 2.24) is 24.3 Å². The molecule has 6 rings (SSSR count). The Morgan fingerprint density at radius 1 is 0.976 bits per heavy atom. The van der Waals surface area contributed by atoms with Crippen molar-refractivity contribution >= 4 is 22.7 Å².